The van der Waals surface area contributed by atoms with E-state index in [-0.39, 0.29) is 23.6 Å². The first kappa shape index (κ1) is 20.9. The summed E-state index contributed by atoms with van der Waals surface area (Å²) in [5.74, 6) is -1.37. The molecule has 158 valence electrons. The van der Waals surface area contributed by atoms with Crippen molar-refractivity contribution in [3.8, 4) is 5.75 Å². The zero-order valence-electron chi connectivity index (χ0n) is 17.0. The van der Waals surface area contributed by atoms with E-state index < -0.39 is 11.8 Å². The summed E-state index contributed by atoms with van der Waals surface area (Å²) in [6.45, 7) is 0. The monoisotopic (exact) mass is 426 g/mol. The zero-order chi connectivity index (χ0) is 22.3. The number of nitrogens with one attached hydrogen (secondary N) is 1. The minimum atomic E-state index is -0.773. The van der Waals surface area contributed by atoms with Gasteiger partial charge in [-0.05, 0) is 58.3 Å². The predicted molar refractivity (Wildman–Crippen MR) is 121 cm³/mol. The second-order valence-electron chi connectivity index (χ2n) is 7.05. The van der Waals surface area contributed by atoms with E-state index in [1.165, 1.54) is 24.4 Å². The minimum absolute atomic E-state index is 0.132. The third-order valence-electron chi connectivity index (χ3n) is 4.82. The fourth-order valence-electron chi connectivity index (χ4n) is 3.25. The van der Waals surface area contributed by atoms with Gasteiger partial charge in [0.2, 0.25) is 5.91 Å². The summed E-state index contributed by atoms with van der Waals surface area (Å²) >= 11 is 0. The molecule has 0 bridgehead atoms. The Hall–Kier alpha value is -4.32. The van der Waals surface area contributed by atoms with Crippen LogP contribution in [0.3, 0.4) is 0 Å². The van der Waals surface area contributed by atoms with Crippen LogP contribution >= 0.6 is 0 Å². The third-order valence-corrected chi connectivity index (χ3v) is 4.82. The molecule has 0 saturated heterocycles. The Morgan fingerprint density at radius 2 is 1.59 bits per heavy atom. The summed E-state index contributed by atoms with van der Waals surface area (Å²) in [6, 6.07) is 25.9. The van der Waals surface area contributed by atoms with Gasteiger partial charge < -0.3 is 4.74 Å². The van der Waals surface area contributed by atoms with E-state index in [4.69, 9.17) is 4.74 Å². The normalized spacial score (nSPS) is 10.9. The summed E-state index contributed by atoms with van der Waals surface area (Å²) in [7, 11) is 0. The van der Waals surface area contributed by atoms with Gasteiger partial charge in [-0.2, -0.15) is 5.10 Å². The summed E-state index contributed by atoms with van der Waals surface area (Å²) in [5.41, 5.74) is 4.01. The standard InChI is InChI=1S/C26H19FN2O3/c27-24-11-4-3-10-23(24)26(31)32-21-14-12-18(13-15-21)17-28-29-25(30)16-20-8-5-7-19-6-1-2-9-22(19)20/h1-15,17H,16H2,(H,29,30)/b28-17+. The molecule has 0 aliphatic heterocycles. The second-order valence-corrected chi connectivity index (χ2v) is 7.05. The Labute approximate surface area is 184 Å². The van der Waals surface area contributed by atoms with Gasteiger partial charge in [-0.15, -0.1) is 0 Å². The van der Waals surface area contributed by atoms with E-state index in [0.29, 0.717) is 5.56 Å². The van der Waals surface area contributed by atoms with Crippen molar-refractivity contribution < 1.29 is 18.7 Å². The number of hydrogen-bond donors (Lipinski definition) is 1. The number of rotatable bonds is 6. The number of hydrogen-bond acceptors (Lipinski definition) is 4. The van der Waals surface area contributed by atoms with Gasteiger partial charge in [0.15, 0.2) is 0 Å². The number of amides is 1. The Bertz CT molecular complexity index is 1290. The molecule has 0 heterocycles. The Morgan fingerprint density at radius 1 is 0.875 bits per heavy atom. The van der Waals surface area contributed by atoms with E-state index in [1.807, 2.05) is 42.5 Å². The number of esters is 1. The van der Waals surface area contributed by atoms with E-state index in [9.17, 15) is 14.0 Å². The quantitative estimate of drug-likeness (QED) is 0.207. The average Bonchev–Trinajstić information content (AvgIpc) is 2.81. The molecular weight excluding hydrogens is 407 g/mol. The van der Waals surface area contributed by atoms with Crippen molar-refractivity contribution in [2.45, 2.75) is 6.42 Å². The van der Waals surface area contributed by atoms with Crippen molar-refractivity contribution in [3.63, 3.8) is 0 Å². The third kappa shape index (κ3) is 5.05. The number of halogens is 1. The molecule has 4 rings (SSSR count). The Kier molecular flexibility index (Phi) is 6.32. The average molecular weight is 426 g/mol. The molecule has 0 aromatic heterocycles. The highest BCUT2D eigenvalue weighted by atomic mass is 19.1. The number of fused-ring (bicyclic) bond motifs is 1. The van der Waals surface area contributed by atoms with Crippen molar-refractivity contribution >= 4 is 28.9 Å². The first-order valence-electron chi connectivity index (χ1n) is 9.95. The van der Waals surface area contributed by atoms with Gasteiger partial charge in [0.1, 0.15) is 11.6 Å². The lowest BCUT2D eigenvalue weighted by Crippen LogP contribution is -2.19. The molecule has 0 saturated carbocycles. The maximum absolute atomic E-state index is 13.7. The minimum Gasteiger partial charge on any atom is -0.423 e. The van der Waals surface area contributed by atoms with Gasteiger partial charge in [-0.25, -0.2) is 14.6 Å². The van der Waals surface area contributed by atoms with Crippen LogP contribution < -0.4 is 10.2 Å². The molecule has 0 atom stereocenters. The molecule has 32 heavy (non-hydrogen) atoms. The lowest BCUT2D eigenvalue weighted by Gasteiger charge is -2.06. The van der Waals surface area contributed by atoms with E-state index >= 15 is 0 Å². The molecule has 0 radical (unpaired) electrons. The smallest absolute Gasteiger partial charge is 0.346 e. The number of carbonyl (C=O) groups excluding carboxylic acids is 2. The first-order chi connectivity index (χ1) is 15.6. The number of ether oxygens (including phenoxy) is 1. The SMILES string of the molecule is O=C(Cc1cccc2ccccc12)N/N=C/c1ccc(OC(=O)c2ccccc2F)cc1. The zero-order valence-corrected chi connectivity index (χ0v) is 17.0. The highest BCUT2D eigenvalue weighted by molar-refractivity contribution is 5.92. The van der Waals surface area contributed by atoms with Crippen molar-refractivity contribution in [1.29, 1.82) is 0 Å². The molecular formula is C26H19FN2O3. The van der Waals surface area contributed by atoms with Gasteiger partial charge in [0.25, 0.3) is 0 Å². The molecule has 0 spiro atoms. The van der Waals surface area contributed by atoms with Crippen LogP contribution in [-0.4, -0.2) is 18.1 Å². The van der Waals surface area contributed by atoms with Crippen LogP contribution in [0.4, 0.5) is 4.39 Å². The van der Waals surface area contributed by atoms with Crippen LogP contribution in [0.25, 0.3) is 10.8 Å². The Morgan fingerprint density at radius 3 is 2.41 bits per heavy atom. The van der Waals surface area contributed by atoms with Crippen LogP contribution in [0.2, 0.25) is 0 Å². The molecule has 6 heteroatoms. The largest absolute Gasteiger partial charge is 0.423 e. The van der Waals surface area contributed by atoms with Crippen LogP contribution in [0.1, 0.15) is 21.5 Å². The lowest BCUT2D eigenvalue weighted by molar-refractivity contribution is -0.120. The summed E-state index contributed by atoms with van der Waals surface area (Å²) in [4.78, 5) is 24.3. The van der Waals surface area contributed by atoms with Crippen LogP contribution in [0, 0.1) is 5.82 Å². The molecule has 4 aromatic rings. The molecule has 0 aliphatic carbocycles. The van der Waals surface area contributed by atoms with Gasteiger partial charge in [-0.1, -0.05) is 54.6 Å². The summed E-state index contributed by atoms with van der Waals surface area (Å²) in [5, 5.41) is 6.10. The van der Waals surface area contributed by atoms with Crippen molar-refractivity contribution in [2.24, 2.45) is 5.10 Å². The first-order valence-corrected chi connectivity index (χ1v) is 9.95. The fraction of sp³-hybridized carbons (Fsp3) is 0.0385. The number of carbonyl (C=O) groups is 2. The number of benzene rings is 4. The van der Waals surface area contributed by atoms with Crippen LogP contribution in [-0.2, 0) is 11.2 Å². The molecule has 0 fully saturated rings. The summed E-state index contributed by atoms with van der Waals surface area (Å²) < 4.78 is 18.9. The van der Waals surface area contributed by atoms with Crippen molar-refractivity contribution in [1.82, 2.24) is 5.43 Å². The van der Waals surface area contributed by atoms with E-state index in [2.05, 4.69) is 10.5 Å². The maximum atomic E-state index is 13.7. The lowest BCUT2D eigenvalue weighted by atomic mass is 10.0. The van der Waals surface area contributed by atoms with Crippen molar-refractivity contribution in [2.75, 3.05) is 0 Å². The maximum Gasteiger partial charge on any atom is 0.346 e. The molecule has 4 aromatic carbocycles. The molecule has 1 N–H and O–H groups in total. The fourth-order valence-corrected chi connectivity index (χ4v) is 3.25. The number of hydrazone groups is 1. The van der Waals surface area contributed by atoms with E-state index in [1.54, 1.807) is 30.3 Å². The van der Waals surface area contributed by atoms with Gasteiger partial charge in [0.05, 0.1) is 18.2 Å². The Balaban J connectivity index is 1.33. The molecule has 5 nitrogen and oxygen atoms in total. The topological polar surface area (TPSA) is 67.8 Å². The molecule has 1 amide bonds. The van der Waals surface area contributed by atoms with Gasteiger partial charge in [-0.3, -0.25) is 4.79 Å². The van der Waals surface area contributed by atoms with Crippen LogP contribution in [0.5, 0.6) is 5.75 Å². The van der Waals surface area contributed by atoms with Crippen LogP contribution in [0.15, 0.2) is 96.1 Å². The molecule has 0 unspecified atom stereocenters. The molecule has 0 aliphatic rings. The predicted octanol–water partition coefficient (Wildman–Crippen LogP) is 4.89. The highest BCUT2D eigenvalue weighted by Crippen LogP contribution is 2.19. The van der Waals surface area contributed by atoms with Crippen molar-refractivity contribution in [3.05, 3.63) is 114 Å². The van der Waals surface area contributed by atoms with Gasteiger partial charge in [0, 0.05) is 0 Å². The van der Waals surface area contributed by atoms with Gasteiger partial charge >= 0.3 is 5.97 Å². The van der Waals surface area contributed by atoms with E-state index in [0.717, 1.165) is 16.3 Å². The second kappa shape index (κ2) is 9.66. The number of nitrogens with zero attached hydrogens (tertiary/aromatic N) is 1. The highest BCUT2D eigenvalue weighted by Gasteiger charge is 2.13. The summed E-state index contributed by atoms with van der Waals surface area (Å²) in [6.07, 6.45) is 1.70.